The zero-order chi connectivity index (χ0) is 18.7. The van der Waals surface area contributed by atoms with Crippen molar-refractivity contribution >= 4 is 29.2 Å². The quantitative estimate of drug-likeness (QED) is 0.774. The van der Waals surface area contributed by atoms with Gasteiger partial charge in [0.25, 0.3) is 5.91 Å². The van der Waals surface area contributed by atoms with Crippen LogP contribution >= 0.6 is 0 Å². The smallest absolute Gasteiger partial charge is 0.335 e. The van der Waals surface area contributed by atoms with E-state index in [1.165, 1.54) is 18.2 Å². The Morgan fingerprint density at radius 2 is 1.96 bits per heavy atom. The van der Waals surface area contributed by atoms with Gasteiger partial charge < -0.3 is 15.2 Å². The number of rotatable bonds is 6. The lowest BCUT2D eigenvalue weighted by Crippen LogP contribution is -2.34. The summed E-state index contributed by atoms with van der Waals surface area (Å²) in [7, 11) is 0. The fraction of sp³-hybridized carbons (Fsp3) is 0.211. The summed E-state index contributed by atoms with van der Waals surface area (Å²) in [6, 6.07) is 12.2. The Morgan fingerprint density at radius 3 is 2.62 bits per heavy atom. The Kier molecular flexibility index (Phi) is 4.88. The van der Waals surface area contributed by atoms with Gasteiger partial charge in [-0.2, -0.15) is 0 Å². The molecule has 2 aromatic carbocycles. The Bertz CT molecular complexity index is 847. The van der Waals surface area contributed by atoms with Crippen molar-refractivity contribution in [2.24, 2.45) is 0 Å². The van der Waals surface area contributed by atoms with Gasteiger partial charge in [-0.1, -0.05) is 6.07 Å². The van der Waals surface area contributed by atoms with Crippen LogP contribution in [0.1, 0.15) is 23.7 Å². The van der Waals surface area contributed by atoms with Crippen molar-refractivity contribution in [2.75, 3.05) is 16.8 Å². The van der Waals surface area contributed by atoms with Crippen LogP contribution in [-0.4, -0.2) is 35.5 Å². The lowest BCUT2D eigenvalue weighted by atomic mass is 10.2. The second-order valence-electron chi connectivity index (χ2n) is 5.78. The molecular weight excluding hydrogens is 336 g/mol. The molecule has 0 spiro atoms. The molecule has 0 aromatic heterocycles. The van der Waals surface area contributed by atoms with Crippen LogP contribution in [-0.2, 0) is 9.59 Å². The molecule has 26 heavy (non-hydrogen) atoms. The number of carbonyl (C=O) groups is 3. The molecule has 134 valence electrons. The van der Waals surface area contributed by atoms with E-state index in [4.69, 9.17) is 9.84 Å². The average molecular weight is 354 g/mol. The summed E-state index contributed by atoms with van der Waals surface area (Å²) in [6.45, 7) is 2.45. The molecule has 1 saturated heterocycles. The molecular formula is C19H18N2O5. The van der Waals surface area contributed by atoms with Crippen LogP contribution in [0.4, 0.5) is 11.4 Å². The number of hydrogen-bond acceptors (Lipinski definition) is 5. The number of aromatic carboxylic acids is 1. The third-order valence-electron chi connectivity index (χ3n) is 4.00. The molecule has 0 aliphatic carbocycles. The molecule has 1 fully saturated rings. The number of amides is 2. The summed E-state index contributed by atoms with van der Waals surface area (Å²) < 4.78 is 5.37. The van der Waals surface area contributed by atoms with E-state index in [2.05, 4.69) is 5.32 Å². The van der Waals surface area contributed by atoms with Gasteiger partial charge in [-0.3, -0.25) is 9.59 Å². The highest BCUT2D eigenvalue weighted by Crippen LogP contribution is 2.26. The molecule has 2 amide bonds. The molecule has 7 nitrogen and oxygen atoms in total. The molecule has 1 heterocycles. The summed E-state index contributed by atoms with van der Waals surface area (Å²) in [5.41, 5.74) is 0.975. The van der Waals surface area contributed by atoms with E-state index in [1.54, 1.807) is 30.3 Å². The van der Waals surface area contributed by atoms with Crippen molar-refractivity contribution in [1.82, 2.24) is 0 Å². The number of carbonyl (C=O) groups excluding carboxylic acids is 2. The normalized spacial score (nSPS) is 16.7. The highest BCUT2D eigenvalue weighted by molar-refractivity contribution is 6.23. The summed E-state index contributed by atoms with van der Waals surface area (Å²) in [6.07, 6.45) is 0.00332. The maximum absolute atomic E-state index is 12.6. The second kappa shape index (κ2) is 7.26. The second-order valence-corrected chi connectivity index (χ2v) is 5.78. The van der Waals surface area contributed by atoms with E-state index in [0.717, 1.165) is 10.6 Å². The fourth-order valence-electron chi connectivity index (χ4n) is 2.81. The fourth-order valence-corrected chi connectivity index (χ4v) is 2.81. The molecule has 1 atom stereocenters. The van der Waals surface area contributed by atoms with Gasteiger partial charge in [0.15, 0.2) is 0 Å². The summed E-state index contributed by atoms with van der Waals surface area (Å²) >= 11 is 0. The molecule has 0 radical (unpaired) electrons. The van der Waals surface area contributed by atoms with Crippen LogP contribution < -0.4 is 15.0 Å². The number of anilines is 2. The summed E-state index contributed by atoms with van der Waals surface area (Å²) in [5, 5.41) is 12.1. The van der Waals surface area contributed by atoms with Crippen molar-refractivity contribution < 1.29 is 24.2 Å². The monoisotopic (exact) mass is 354 g/mol. The average Bonchev–Trinajstić information content (AvgIpc) is 2.90. The standard InChI is InChI=1S/C19H18N2O5/c1-2-26-15-8-6-13(7-9-15)20-16-11-17(22)21(18(16)23)14-5-3-4-12(10-14)19(24)25/h3-10,16,20H,2,11H2,1H3,(H,24,25)/t16-/m0/s1. The number of hydrogen-bond donors (Lipinski definition) is 2. The first-order chi connectivity index (χ1) is 12.5. The van der Waals surface area contributed by atoms with E-state index in [9.17, 15) is 14.4 Å². The summed E-state index contributed by atoms with van der Waals surface area (Å²) in [5.74, 6) is -1.18. The molecule has 0 bridgehead atoms. The topological polar surface area (TPSA) is 95.9 Å². The van der Waals surface area contributed by atoms with E-state index >= 15 is 0 Å². The van der Waals surface area contributed by atoms with Gasteiger partial charge >= 0.3 is 5.97 Å². The van der Waals surface area contributed by atoms with Gasteiger partial charge in [0.05, 0.1) is 24.3 Å². The minimum atomic E-state index is -1.12. The Labute approximate surface area is 150 Å². The molecule has 2 N–H and O–H groups in total. The Hall–Kier alpha value is -3.35. The van der Waals surface area contributed by atoms with E-state index in [1.807, 2.05) is 6.92 Å². The number of carboxylic acid groups (broad SMARTS) is 1. The zero-order valence-electron chi connectivity index (χ0n) is 14.1. The molecule has 0 saturated carbocycles. The highest BCUT2D eigenvalue weighted by Gasteiger charge is 2.39. The maximum atomic E-state index is 12.6. The number of imide groups is 1. The predicted molar refractivity (Wildman–Crippen MR) is 95.5 cm³/mol. The first-order valence-corrected chi connectivity index (χ1v) is 8.19. The van der Waals surface area contributed by atoms with Crippen LogP contribution in [0.15, 0.2) is 48.5 Å². The van der Waals surface area contributed by atoms with Crippen LogP contribution in [0.2, 0.25) is 0 Å². The molecule has 7 heteroatoms. The van der Waals surface area contributed by atoms with Crippen LogP contribution in [0.3, 0.4) is 0 Å². The SMILES string of the molecule is CCOc1ccc(N[C@H]2CC(=O)N(c3cccc(C(=O)O)c3)C2=O)cc1. The van der Waals surface area contributed by atoms with Gasteiger partial charge in [-0.25, -0.2) is 9.69 Å². The zero-order valence-corrected chi connectivity index (χ0v) is 14.1. The molecule has 0 unspecified atom stereocenters. The first-order valence-electron chi connectivity index (χ1n) is 8.19. The Morgan fingerprint density at radius 1 is 1.23 bits per heavy atom. The van der Waals surface area contributed by atoms with Gasteiger partial charge in [0.1, 0.15) is 11.8 Å². The predicted octanol–water partition coefficient (Wildman–Crippen LogP) is 2.53. The van der Waals surface area contributed by atoms with E-state index in [-0.39, 0.29) is 23.6 Å². The lowest BCUT2D eigenvalue weighted by Gasteiger charge is -2.16. The summed E-state index contributed by atoms with van der Waals surface area (Å²) in [4.78, 5) is 37.1. The molecule has 1 aliphatic heterocycles. The Balaban J connectivity index is 1.76. The van der Waals surface area contributed by atoms with Crippen molar-refractivity contribution in [3.8, 4) is 5.75 Å². The molecule has 3 rings (SSSR count). The van der Waals surface area contributed by atoms with E-state index < -0.39 is 17.9 Å². The van der Waals surface area contributed by atoms with Crippen LogP contribution in [0.5, 0.6) is 5.75 Å². The van der Waals surface area contributed by atoms with Gasteiger partial charge in [-0.05, 0) is 49.4 Å². The van der Waals surface area contributed by atoms with Crippen LogP contribution in [0, 0.1) is 0 Å². The minimum Gasteiger partial charge on any atom is -0.494 e. The number of benzene rings is 2. The van der Waals surface area contributed by atoms with Crippen molar-refractivity contribution in [3.63, 3.8) is 0 Å². The van der Waals surface area contributed by atoms with E-state index in [0.29, 0.717) is 12.3 Å². The number of carboxylic acids is 1. The van der Waals surface area contributed by atoms with Crippen molar-refractivity contribution in [3.05, 3.63) is 54.1 Å². The van der Waals surface area contributed by atoms with Gasteiger partial charge in [0, 0.05) is 5.69 Å². The minimum absolute atomic E-state index is 0.00332. The van der Waals surface area contributed by atoms with Crippen LogP contribution in [0.25, 0.3) is 0 Å². The third-order valence-corrected chi connectivity index (χ3v) is 4.00. The number of ether oxygens (including phenoxy) is 1. The largest absolute Gasteiger partial charge is 0.494 e. The maximum Gasteiger partial charge on any atom is 0.335 e. The highest BCUT2D eigenvalue weighted by atomic mass is 16.5. The van der Waals surface area contributed by atoms with Gasteiger partial charge in [-0.15, -0.1) is 0 Å². The molecule has 1 aliphatic rings. The number of nitrogens with zero attached hydrogens (tertiary/aromatic N) is 1. The van der Waals surface area contributed by atoms with Gasteiger partial charge in [0.2, 0.25) is 5.91 Å². The van der Waals surface area contributed by atoms with Crippen molar-refractivity contribution in [1.29, 1.82) is 0 Å². The number of nitrogens with one attached hydrogen (secondary N) is 1. The third kappa shape index (κ3) is 3.51. The molecule has 2 aromatic rings. The first kappa shape index (κ1) is 17.5. The van der Waals surface area contributed by atoms with Crippen molar-refractivity contribution in [2.45, 2.75) is 19.4 Å². The lowest BCUT2D eigenvalue weighted by molar-refractivity contribution is -0.121.